The molecule has 20 heavy (non-hydrogen) atoms. The van der Waals surface area contributed by atoms with Crippen LogP contribution in [0.25, 0.3) is 0 Å². The molecule has 1 aromatic carbocycles. The highest BCUT2D eigenvalue weighted by Crippen LogP contribution is 2.24. The second kappa shape index (κ2) is 7.65. The molecule has 0 spiro atoms. The quantitative estimate of drug-likeness (QED) is 0.763. The Hall–Kier alpha value is -1.88. The molecule has 0 aliphatic heterocycles. The lowest BCUT2D eigenvalue weighted by Gasteiger charge is -2.29. The van der Waals surface area contributed by atoms with Crippen LogP contribution in [-0.4, -0.2) is 40.1 Å². The normalized spacial score (nSPS) is 12.3. The van der Waals surface area contributed by atoms with E-state index in [4.69, 9.17) is 5.11 Å². The van der Waals surface area contributed by atoms with E-state index in [2.05, 4.69) is 0 Å². The van der Waals surface area contributed by atoms with E-state index in [0.29, 0.717) is 6.54 Å². The van der Waals surface area contributed by atoms with Gasteiger partial charge in [-0.05, 0) is 31.0 Å². The molecule has 110 valence electrons. The van der Waals surface area contributed by atoms with E-state index in [1.807, 2.05) is 26.0 Å². The van der Waals surface area contributed by atoms with E-state index in [-0.39, 0.29) is 13.0 Å². The summed E-state index contributed by atoms with van der Waals surface area (Å²) in [5.74, 6) is -1.86. The molecule has 1 unspecified atom stereocenters. The molecule has 0 aliphatic rings. The Morgan fingerprint density at radius 1 is 1.20 bits per heavy atom. The lowest BCUT2D eigenvalue weighted by molar-refractivity contribution is -0.145. The number of carbonyl (C=O) groups is 2. The van der Waals surface area contributed by atoms with E-state index in [1.165, 1.54) is 0 Å². The molecule has 0 amide bonds. The van der Waals surface area contributed by atoms with Crippen molar-refractivity contribution in [3.05, 3.63) is 35.4 Å². The molecule has 1 rings (SSSR count). The molecule has 0 saturated heterocycles. The number of hydrogen-bond acceptors (Lipinski definition) is 3. The fourth-order valence-electron chi connectivity index (χ4n) is 2.28. The first-order chi connectivity index (χ1) is 9.47. The predicted molar refractivity (Wildman–Crippen MR) is 75.7 cm³/mol. The third-order valence-electron chi connectivity index (χ3n) is 3.21. The fourth-order valence-corrected chi connectivity index (χ4v) is 2.28. The summed E-state index contributed by atoms with van der Waals surface area (Å²) in [4.78, 5) is 24.1. The van der Waals surface area contributed by atoms with Gasteiger partial charge in [-0.1, -0.05) is 31.2 Å². The minimum Gasteiger partial charge on any atom is -0.481 e. The summed E-state index contributed by atoms with van der Waals surface area (Å²) < 4.78 is 0. The van der Waals surface area contributed by atoms with Crippen LogP contribution in [0.15, 0.2) is 24.3 Å². The Morgan fingerprint density at radius 2 is 1.85 bits per heavy atom. The van der Waals surface area contributed by atoms with Gasteiger partial charge in [0.2, 0.25) is 0 Å². The number of aryl methyl sites for hydroxylation is 1. The minimum atomic E-state index is -0.946. The lowest BCUT2D eigenvalue weighted by atomic mass is 9.99. The smallest absolute Gasteiger partial charge is 0.325 e. The van der Waals surface area contributed by atoms with Crippen LogP contribution in [-0.2, 0) is 9.59 Å². The first kappa shape index (κ1) is 16.2. The van der Waals surface area contributed by atoms with Gasteiger partial charge in [0, 0.05) is 6.54 Å². The Morgan fingerprint density at radius 3 is 2.35 bits per heavy atom. The molecule has 0 aromatic heterocycles. The molecule has 5 heteroatoms. The zero-order chi connectivity index (χ0) is 15.1. The van der Waals surface area contributed by atoms with Crippen molar-refractivity contribution in [1.82, 2.24) is 4.90 Å². The Labute approximate surface area is 118 Å². The van der Waals surface area contributed by atoms with E-state index in [0.717, 1.165) is 17.5 Å². The van der Waals surface area contributed by atoms with Crippen molar-refractivity contribution in [2.75, 3.05) is 13.1 Å². The van der Waals surface area contributed by atoms with Gasteiger partial charge in [0.25, 0.3) is 0 Å². The average molecular weight is 279 g/mol. The van der Waals surface area contributed by atoms with Gasteiger partial charge in [-0.25, -0.2) is 0 Å². The molecule has 1 atom stereocenters. The van der Waals surface area contributed by atoms with Crippen LogP contribution in [0.3, 0.4) is 0 Å². The maximum atomic E-state index is 11.6. The lowest BCUT2D eigenvalue weighted by Crippen LogP contribution is -2.36. The number of aliphatic carboxylic acids is 2. The van der Waals surface area contributed by atoms with Crippen molar-refractivity contribution in [3.63, 3.8) is 0 Å². The highest BCUT2D eigenvalue weighted by Gasteiger charge is 2.28. The fraction of sp³-hybridized carbons (Fsp3) is 0.467. The summed E-state index contributed by atoms with van der Waals surface area (Å²) in [7, 11) is 0. The van der Waals surface area contributed by atoms with Crippen molar-refractivity contribution in [1.29, 1.82) is 0 Å². The highest BCUT2D eigenvalue weighted by atomic mass is 16.4. The summed E-state index contributed by atoms with van der Waals surface area (Å²) in [6.07, 6.45) is 0.713. The maximum absolute atomic E-state index is 11.6. The predicted octanol–water partition coefficient (Wildman–Crippen LogP) is 2.31. The summed E-state index contributed by atoms with van der Waals surface area (Å²) in [5.41, 5.74) is 1.62. The van der Waals surface area contributed by atoms with Crippen molar-refractivity contribution in [3.8, 4) is 0 Å². The Kier molecular flexibility index (Phi) is 6.18. The third-order valence-corrected chi connectivity index (χ3v) is 3.21. The maximum Gasteiger partial charge on any atom is 0.325 e. The molecule has 2 N–H and O–H groups in total. The Balaban J connectivity index is 3.05. The van der Waals surface area contributed by atoms with Gasteiger partial charge in [-0.15, -0.1) is 0 Å². The van der Waals surface area contributed by atoms with E-state index >= 15 is 0 Å². The van der Waals surface area contributed by atoms with Crippen molar-refractivity contribution < 1.29 is 19.8 Å². The summed E-state index contributed by atoms with van der Waals surface area (Å²) >= 11 is 0. The number of carboxylic acids is 2. The number of nitrogens with zero attached hydrogens (tertiary/aromatic N) is 1. The van der Waals surface area contributed by atoms with Crippen LogP contribution in [0.1, 0.15) is 36.9 Å². The molecule has 0 bridgehead atoms. The van der Waals surface area contributed by atoms with Gasteiger partial charge >= 0.3 is 11.9 Å². The standard InChI is InChI=1S/C15H21NO4/c1-3-9-16(10-8-13(17)18)14(15(19)20)12-7-5-4-6-11(12)2/h4-7,14H,3,8-10H2,1-2H3,(H,17,18)(H,19,20). The largest absolute Gasteiger partial charge is 0.481 e. The molecule has 1 aromatic rings. The number of hydrogen-bond donors (Lipinski definition) is 2. The highest BCUT2D eigenvalue weighted by molar-refractivity contribution is 5.76. The summed E-state index contributed by atoms with van der Waals surface area (Å²) in [6.45, 7) is 4.60. The molecule has 0 saturated carbocycles. The van der Waals surface area contributed by atoms with Crippen LogP contribution < -0.4 is 0 Å². The zero-order valence-corrected chi connectivity index (χ0v) is 11.9. The third kappa shape index (κ3) is 4.35. The van der Waals surface area contributed by atoms with Crippen LogP contribution >= 0.6 is 0 Å². The van der Waals surface area contributed by atoms with E-state index in [1.54, 1.807) is 17.0 Å². The molecule has 0 aliphatic carbocycles. The minimum absolute atomic E-state index is 0.0599. The van der Waals surface area contributed by atoms with Crippen molar-refractivity contribution >= 4 is 11.9 Å². The molecular formula is C15H21NO4. The number of rotatable bonds is 8. The summed E-state index contributed by atoms with van der Waals surface area (Å²) in [5, 5.41) is 18.3. The van der Waals surface area contributed by atoms with Gasteiger partial charge in [0.05, 0.1) is 6.42 Å². The SMILES string of the molecule is CCCN(CCC(=O)O)C(C(=O)O)c1ccccc1C. The van der Waals surface area contributed by atoms with E-state index < -0.39 is 18.0 Å². The van der Waals surface area contributed by atoms with Crippen molar-refractivity contribution in [2.24, 2.45) is 0 Å². The van der Waals surface area contributed by atoms with Gasteiger partial charge in [0.1, 0.15) is 6.04 Å². The zero-order valence-electron chi connectivity index (χ0n) is 11.9. The van der Waals surface area contributed by atoms with Crippen LogP contribution in [0.4, 0.5) is 0 Å². The molecule has 0 fully saturated rings. The van der Waals surface area contributed by atoms with Gasteiger partial charge in [0.15, 0.2) is 0 Å². The average Bonchev–Trinajstić information content (AvgIpc) is 2.38. The first-order valence-corrected chi connectivity index (χ1v) is 6.71. The van der Waals surface area contributed by atoms with Gasteiger partial charge in [-0.3, -0.25) is 14.5 Å². The number of benzene rings is 1. The first-order valence-electron chi connectivity index (χ1n) is 6.71. The second-order valence-corrected chi connectivity index (χ2v) is 4.78. The van der Waals surface area contributed by atoms with Gasteiger partial charge < -0.3 is 10.2 Å². The van der Waals surface area contributed by atoms with Crippen molar-refractivity contribution in [2.45, 2.75) is 32.7 Å². The van der Waals surface area contributed by atoms with Crippen LogP contribution in [0.5, 0.6) is 0 Å². The number of carboxylic acid groups (broad SMARTS) is 2. The molecule has 0 radical (unpaired) electrons. The van der Waals surface area contributed by atoms with Crippen LogP contribution in [0, 0.1) is 6.92 Å². The van der Waals surface area contributed by atoms with E-state index in [9.17, 15) is 14.7 Å². The Bertz CT molecular complexity index is 473. The summed E-state index contributed by atoms with van der Waals surface area (Å²) in [6, 6.07) is 6.53. The molecular weight excluding hydrogens is 258 g/mol. The second-order valence-electron chi connectivity index (χ2n) is 4.78. The monoisotopic (exact) mass is 279 g/mol. The molecule has 0 heterocycles. The molecule has 5 nitrogen and oxygen atoms in total. The van der Waals surface area contributed by atoms with Gasteiger partial charge in [-0.2, -0.15) is 0 Å². The van der Waals surface area contributed by atoms with Crippen LogP contribution in [0.2, 0.25) is 0 Å². The topological polar surface area (TPSA) is 77.8 Å².